The molecule has 0 radical (unpaired) electrons. The first-order valence-electron chi connectivity index (χ1n) is 37.6. The molecule has 3 aliphatic rings. The largest absolute Gasteiger partial charge is 0.497 e. The Labute approximate surface area is 694 Å². The summed E-state index contributed by atoms with van der Waals surface area (Å²) < 4.78 is 183. The summed E-state index contributed by atoms with van der Waals surface area (Å²) in [6.45, 7) is 5.62. The maximum Gasteiger partial charge on any atom is 0.326 e. The van der Waals surface area contributed by atoms with Gasteiger partial charge in [0.2, 0.25) is 30.1 Å². The molecule has 0 unspecified atom stereocenters. The van der Waals surface area contributed by atoms with Gasteiger partial charge in [-0.2, -0.15) is 15.0 Å². The highest BCUT2D eigenvalue weighted by molar-refractivity contribution is 7.90. The lowest BCUT2D eigenvalue weighted by molar-refractivity contribution is -0.138. The third-order valence-electron chi connectivity index (χ3n) is 19.9. The molecule has 9 aromatic carbocycles. The van der Waals surface area contributed by atoms with Gasteiger partial charge in [0, 0.05) is 73.8 Å². The smallest absolute Gasteiger partial charge is 0.326 e. The SMILES string of the molecule is CCS(=O)(=O)NC(=O)[C@@H]1Cc2c(ccc(OC)c2OCc2ccc(OC)cc2)CN1c1nc2ccc(F)cc2o1.CCS(=O)(=O)NC(=O)[C@@H]1Cc2c(ccc(OC)c2OCc2ccc(OC)cc2)CN1c1nc2ccc(F)cc2o1.CCS(N)(=O)=O.COc1ccc(COc2c(OC)ccc3c2C[C@@H](C(=O)O)N(c2nc4ccc(F)cc4o2)C3)cc1. The predicted octanol–water partition coefficient (Wildman–Crippen LogP) is 11.8. The minimum absolute atomic E-state index is 0.0208. The van der Waals surface area contributed by atoms with E-state index in [2.05, 4.69) is 29.5 Å². The molecular weight excluding hydrogens is 1640 g/mol. The zero-order valence-electron chi connectivity index (χ0n) is 66.9. The molecule has 6 heterocycles. The van der Waals surface area contributed by atoms with Gasteiger partial charge in [-0.3, -0.25) is 19.0 Å². The van der Waals surface area contributed by atoms with Crippen LogP contribution in [-0.2, 0) is 103 Å². The van der Waals surface area contributed by atoms with Crippen LogP contribution in [0.2, 0.25) is 0 Å². The monoisotopic (exact) mass is 1730 g/mol. The number of ether oxygens (including phenoxy) is 9. The number of rotatable bonds is 26. The molecule has 0 aliphatic carbocycles. The summed E-state index contributed by atoms with van der Waals surface area (Å²) in [6.07, 6.45) is 0.290. The Hall–Kier alpha value is -13.0. The molecule has 0 bridgehead atoms. The highest BCUT2D eigenvalue weighted by Crippen LogP contribution is 2.45. The second-order valence-corrected chi connectivity index (χ2v) is 33.4. The fourth-order valence-corrected chi connectivity index (χ4v) is 14.5. The third-order valence-corrected chi connectivity index (χ3v) is 23.3. The van der Waals surface area contributed by atoms with Gasteiger partial charge in [-0.05, 0) is 145 Å². The van der Waals surface area contributed by atoms with Crippen LogP contribution in [0, 0.1) is 17.5 Å². The van der Waals surface area contributed by atoms with Crippen LogP contribution in [0.25, 0.3) is 33.3 Å². The lowest BCUT2D eigenvalue weighted by Gasteiger charge is -2.35. The highest BCUT2D eigenvalue weighted by atomic mass is 32.2. The van der Waals surface area contributed by atoms with Gasteiger partial charge >= 0.3 is 5.97 Å². The molecule has 37 heteroatoms. The number of nitrogens with two attached hydrogens (primary N) is 1. The van der Waals surface area contributed by atoms with Gasteiger partial charge in [0.15, 0.2) is 51.2 Å². The lowest BCUT2D eigenvalue weighted by Crippen LogP contribution is -2.52. The van der Waals surface area contributed by atoms with Crippen molar-refractivity contribution in [2.45, 2.75) is 97.6 Å². The molecule has 3 atom stereocenters. The molecule has 121 heavy (non-hydrogen) atoms. The van der Waals surface area contributed by atoms with Gasteiger partial charge in [-0.25, -0.2) is 48.4 Å². The van der Waals surface area contributed by atoms with Gasteiger partial charge in [0.05, 0.1) is 59.9 Å². The maximum absolute atomic E-state index is 13.8. The standard InChI is InChI=1S/2C28H28FN3O7S.C26H23FN2O6.C2H7NO2S/c2*1-4-40(34,35)31-27(33)23-14-21-18(15-32(23)28-30-22-11-8-19(29)13-25(22)39-28)7-12-24(37-3)26(21)38-16-17-5-9-20(36-2)10-6-17;1-32-18-7-3-15(4-8-18)14-34-24-19-12-21(25(30)31)29(13-16(19)5-10-22(24)33-2)26-28-20-9-6-17(27)11-23(20)35-26;1-2-6(3,4)5/h2*5-13,23H,4,14-16H2,1-3H3,(H,31,33);3-11,21H,12-14H2,1-2H3,(H,30,31);2H2,1H3,(H2,3,4,5)/t2*23-;21-;/m000./s1. The van der Waals surface area contributed by atoms with E-state index in [0.717, 1.165) is 56.2 Å². The number of nitrogens with zero attached hydrogens (tertiary/aromatic N) is 6. The lowest BCUT2D eigenvalue weighted by atomic mass is 9.92. The van der Waals surface area contributed by atoms with E-state index in [4.69, 9.17) is 55.9 Å². The van der Waals surface area contributed by atoms with Crippen molar-refractivity contribution in [2.24, 2.45) is 5.14 Å². The number of carboxylic acid groups (broad SMARTS) is 1. The Bertz CT molecular complexity index is 5870. The van der Waals surface area contributed by atoms with Crippen LogP contribution < -0.4 is 71.9 Å². The molecule has 2 amide bonds. The number of aromatic nitrogens is 3. The van der Waals surface area contributed by atoms with Crippen LogP contribution >= 0.6 is 0 Å². The second-order valence-electron chi connectivity index (χ2n) is 27.5. The van der Waals surface area contributed by atoms with E-state index in [-0.39, 0.29) is 111 Å². The number of carbonyl (C=O) groups excluding carboxylic acids is 2. The molecule has 0 saturated carbocycles. The number of halogens is 3. The third kappa shape index (κ3) is 21.0. The number of hydrogen-bond donors (Lipinski definition) is 4. The molecule has 3 aromatic heterocycles. The van der Waals surface area contributed by atoms with Crippen LogP contribution in [0.4, 0.5) is 31.2 Å². The van der Waals surface area contributed by atoms with Gasteiger partial charge in [-0.15, -0.1) is 0 Å². The quantitative estimate of drug-likeness (QED) is 0.0391. The van der Waals surface area contributed by atoms with E-state index in [9.17, 15) is 57.9 Å². The van der Waals surface area contributed by atoms with E-state index in [0.29, 0.717) is 62.2 Å². The molecule has 15 rings (SSSR count). The number of sulfonamides is 3. The zero-order valence-corrected chi connectivity index (χ0v) is 69.4. The minimum Gasteiger partial charge on any atom is -0.497 e. The molecular formula is C84H86F3N9O22S3. The van der Waals surface area contributed by atoms with Gasteiger partial charge in [0.25, 0.3) is 29.9 Å². The van der Waals surface area contributed by atoms with Crippen molar-refractivity contribution in [3.8, 4) is 51.7 Å². The molecule has 638 valence electrons. The number of carbonyl (C=O) groups is 3. The topological polar surface area (TPSA) is 395 Å². The molecule has 31 nitrogen and oxygen atoms in total. The molecule has 3 aliphatic heterocycles. The number of benzene rings is 9. The van der Waals surface area contributed by atoms with E-state index < -0.39 is 83.4 Å². The van der Waals surface area contributed by atoms with Gasteiger partial charge in [0.1, 0.15) is 89.2 Å². The van der Waals surface area contributed by atoms with Crippen molar-refractivity contribution < 1.29 is 114 Å². The van der Waals surface area contributed by atoms with Crippen molar-refractivity contribution in [1.82, 2.24) is 24.4 Å². The second kappa shape index (κ2) is 37.9. The first-order valence-corrected chi connectivity index (χ1v) is 42.6. The van der Waals surface area contributed by atoms with Crippen molar-refractivity contribution in [3.05, 3.63) is 231 Å². The van der Waals surface area contributed by atoms with Crippen LogP contribution in [0.3, 0.4) is 0 Å². The number of fused-ring (bicyclic) bond motifs is 6. The number of anilines is 3. The average Bonchev–Trinajstić information content (AvgIpc) is 1.76. The first kappa shape index (κ1) is 87.3. The van der Waals surface area contributed by atoms with Crippen molar-refractivity contribution in [3.63, 3.8) is 0 Å². The molecule has 0 spiro atoms. The van der Waals surface area contributed by atoms with E-state index >= 15 is 0 Å². The Morgan fingerprint density at radius 2 is 0.702 bits per heavy atom. The van der Waals surface area contributed by atoms with Crippen molar-refractivity contribution in [2.75, 3.05) is 74.6 Å². The van der Waals surface area contributed by atoms with E-state index in [1.807, 2.05) is 91.0 Å². The van der Waals surface area contributed by atoms with Crippen LogP contribution in [-0.4, -0.2) is 141 Å². The number of primary sulfonamides is 1. The number of oxazole rings is 3. The predicted molar refractivity (Wildman–Crippen MR) is 440 cm³/mol. The summed E-state index contributed by atoms with van der Waals surface area (Å²) >= 11 is 0. The van der Waals surface area contributed by atoms with Crippen molar-refractivity contribution >= 4 is 99.2 Å². The number of nitrogens with one attached hydrogen (secondary N) is 2. The minimum atomic E-state index is -3.85. The molecule has 12 aromatic rings. The first-order chi connectivity index (χ1) is 57.9. The number of carboxylic acids is 1. The normalized spacial score (nSPS) is 14.9. The fraction of sp³-hybridized carbons (Fsp3) is 0.286. The Balaban J connectivity index is 0.000000161. The number of hydrogen-bond acceptors (Lipinski definition) is 27. The van der Waals surface area contributed by atoms with E-state index in [1.165, 1.54) is 89.6 Å². The average molecular weight is 1730 g/mol. The maximum atomic E-state index is 13.8. The number of aliphatic carboxylic acids is 1. The summed E-state index contributed by atoms with van der Waals surface area (Å²) in [6, 6.07) is 42.4. The Morgan fingerprint density at radius 3 is 0.959 bits per heavy atom. The Kier molecular flexibility index (Phi) is 27.4. The molecule has 0 saturated heterocycles. The number of methoxy groups -OCH3 is 6. The highest BCUT2D eigenvalue weighted by Gasteiger charge is 2.42. The summed E-state index contributed by atoms with van der Waals surface area (Å²) in [5, 5.41) is 14.5. The Morgan fingerprint density at radius 1 is 0.421 bits per heavy atom. The van der Waals surface area contributed by atoms with Crippen LogP contribution in [0.1, 0.15) is 70.8 Å². The molecule has 0 fully saturated rings. The summed E-state index contributed by atoms with van der Waals surface area (Å²) in [5.74, 6) is 0.569. The van der Waals surface area contributed by atoms with E-state index in [1.54, 1.807) is 61.3 Å². The number of amides is 2. The van der Waals surface area contributed by atoms with Gasteiger partial charge < -0.3 is 75.7 Å². The summed E-state index contributed by atoms with van der Waals surface area (Å²) in [5.41, 5.74) is 9.26. The molecule has 5 N–H and O–H groups in total. The zero-order chi connectivity index (χ0) is 86.6. The van der Waals surface area contributed by atoms with Crippen molar-refractivity contribution in [1.29, 1.82) is 0 Å². The summed E-state index contributed by atoms with van der Waals surface area (Å²) in [7, 11) is -1.49. The van der Waals surface area contributed by atoms with Gasteiger partial charge in [-0.1, -0.05) is 54.6 Å². The fourth-order valence-electron chi connectivity index (χ4n) is 13.3. The summed E-state index contributed by atoms with van der Waals surface area (Å²) in [4.78, 5) is 57.0. The van der Waals surface area contributed by atoms with Crippen LogP contribution in [0.15, 0.2) is 177 Å². The van der Waals surface area contributed by atoms with Crippen LogP contribution in [0.5, 0.6) is 51.7 Å².